The Morgan fingerprint density at radius 1 is 1.32 bits per heavy atom. The number of sulfonamides is 1. The molecule has 0 amide bonds. The average molecular weight is 283 g/mol. The fraction of sp³-hybridized carbons (Fsp3) is 0.615. The van der Waals surface area contributed by atoms with Crippen LogP contribution in [0.5, 0.6) is 0 Å². The van der Waals surface area contributed by atoms with Crippen LogP contribution in [-0.4, -0.2) is 31.7 Å². The van der Waals surface area contributed by atoms with Crippen molar-refractivity contribution in [3.63, 3.8) is 0 Å². The number of nitrogens with zero attached hydrogens (tertiary/aromatic N) is 1. The summed E-state index contributed by atoms with van der Waals surface area (Å²) in [5.74, 6) is 0.809. The fourth-order valence-electron chi connectivity index (χ4n) is 2.37. The maximum Gasteiger partial charge on any atom is 0.209 e. The minimum Gasteiger partial charge on any atom is -0.368 e. The summed E-state index contributed by atoms with van der Waals surface area (Å²) in [6.07, 6.45) is 4.49. The molecule has 0 fully saturated rings. The first-order chi connectivity index (χ1) is 8.75. The monoisotopic (exact) mass is 283 g/mol. The van der Waals surface area contributed by atoms with Gasteiger partial charge >= 0.3 is 0 Å². The van der Waals surface area contributed by atoms with Crippen LogP contribution < -0.4 is 10.0 Å². The molecule has 1 aromatic heterocycles. The maximum absolute atomic E-state index is 11.3. The molecule has 0 bridgehead atoms. The van der Waals surface area contributed by atoms with Gasteiger partial charge in [-0.2, -0.15) is 0 Å². The number of hydrogen-bond acceptors (Lipinski definition) is 4. The number of rotatable bonds is 5. The van der Waals surface area contributed by atoms with E-state index in [1.807, 2.05) is 19.9 Å². The molecule has 1 aliphatic rings. The van der Waals surface area contributed by atoms with Gasteiger partial charge in [0.2, 0.25) is 10.0 Å². The molecule has 5 nitrogen and oxygen atoms in total. The van der Waals surface area contributed by atoms with Crippen LogP contribution in [0.3, 0.4) is 0 Å². The summed E-state index contributed by atoms with van der Waals surface area (Å²) >= 11 is 0. The second-order valence-electron chi connectivity index (χ2n) is 5.77. The summed E-state index contributed by atoms with van der Waals surface area (Å²) in [6.45, 7) is 4.18. The Balaban J connectivity index is 1.99. The number of nitrogens with one attached hydrogen (secondary N) is 2. The highest BCUT2D eigenvalue weighted by Gasteiger charge is 2.22. The highest BCUT2D eigenvalue weighted by molar-refractivity contribution is 7.88. The van der Waals surface area contributed by atoms with Crippen molar-refractivity contribution in [3.05, 3.63) is 23.4 Å². The van der Waals surface area contributed by atoms with Crippen LogP contribution in [0.15, 0.2) is 12.1 Å². The fourth-order valence-corrected chi connectivity index (χ4v) is 3.44. The average Bonchev–Trinajstić information content (AvgIpc) is 2.70. The number of fused-ring (bicyclic) bond motifs is 1. The van der Waals surface area contributed by atoms with Crippen molar-refractivity contribution in [3.8, 4) is 0 Å². The van der Waals surface area contributed by atoms with Gasteiger partial charge in [-0.3, -0.25) is 0 Å². The third-order valence-corrected chi connectivity index (χ3v) is 4.02. The standard InChI is InChI=1S/C13H21N3O2S/c1-13(2,16-19(3,17)18)9-14-12-8-7-10-5-4-6-11(10)15-12/h7-8,16H,4-6,9H2,1-3H3,(H,14,15). The van der Waals surface area contributed by atoms with Gasteiger partial charge in [-0.15, -0.1) is 0 Å². The molecule has 0 aromatic carbocycles. The van der Waals surface area contributed by atoms with Crippen LogP contribution in [0.25, 0.3) is 0 Å². The first kappa shape index (κ1) is 14.3. The first-order valence-corrected chi connectivity index (χ1v) is 8.36. The van der Waals surface area contributed by atoms with Gasteiger partial charge in [0.15, 0.2) is 0 Å². The molecule has 6 heteroatoms. The molecule has 0 atom stereocenters. The Bertz CT molecular complexity index is 567. The number of pyridine rings is 1. The van der Waals surface area contributed by atoms with E-state index in [1.54, 1.807) is 0 Å². The van der Waals surface area contributed by atoms with Crippen LogP contribution >= 0.6 is 0 Å². The van der Waals surface area contributed by atoms with Gasteiger partial charge in [0.25, 0.3) is 0 Å². The van der Waals surface area contributed by atoms with Gasteiger partial charge in [-0.25, -0.2) is 18.1 Å². The Labute approximate surface area is 114 Å². The van der Waals surface area contributed by atoms with E-state index >= 15 is 0 Å². The summed E-state index contributed by atoms with van der Waals surface area (Å²) in [6, 6.07) is 4.06. The predicted octanol–water partition coefficient (Wildman–Crippen LogP) is 1.31. The summed E-state index contributed by atoms with van der Waals surface area (Å²) < 4.78 is 25.1. The lowest BCUT2D eigenvalue weighted by Gasteiger charge is -2.25. The second kappa shape index (κ2) is 5.09. The number of anilines is 1. The SMILES string of the molecule is CC(C)(CNc1ccc2c(n1)CCC2)NS(C)(=O)=O. The molecule has 2 rings (SSSR count). The molecule has 0 spiro atoms. The molecule has 1 aromatic rings. The summed E-state index contributed by atoms with van der Waals surface area (Å²) in [5.41, 5.74) is 1.95. The van der Waals surface area contributed by atoms with E-state index in [1.165, 1.54) is 23.9 Å². The Kier molecular flexibility index (Phi) is 3.82. The van der Waals surface area contributed by atoms with Crippen molar-refractivity contribution in [2.24, 2.45) is 0 Å². The van der Waals surface area contributed by atoms with Crippen molar-refractivity contribution >= 4 is 15.8 Å². The Morgan fingerprint density at radius 2 is 2.05 bits per heavy atom. The van der Waals surface area contributed by atoms with Gasteiger partial charge in [0, 0.05) is 17.8 Å². The zero-order valence-electron chi connectivity index (χ0n) is 11.7. The Hall–Kier alpha value is -1.14. The highest BCUT2D eigenvalue weighted by Crippen LogP contribution is 2.21. The smallest absolute Gasteiger partial charge is 0.209 e. The lowest BCUT2D eigenvalue weighted by Crippen LogP contribution is -2.47. The molecule has 19 heavy (non-hydrogen) atoms. The van der Waals surface area contributed by atoms with E-state index in [-0.39, 0.29) is 0 Å². The summed E-state index contributed by atoms with van der Waals surface area (Å²) in [4.78, 5) is 4.56. The highest BCUT2D eigenvalue weighted by atomic mass is 32.2. The molecule has 0 saturated carbocycles. The lowest BCUT2D eigenvalue weighted by molar-refractivity contribution is 0.476. The van der Waals surface area contributed by atoms with E-state index in [0.717, 1.165) is 18.7 Å². The molecule has 2 N–H and O–H groups in total. The van der Waals surface area contributed by atoms with E-state index in [2.05, 4.69) is 21.1 Å². The van der Waals surface area contributed by atoms with Crippen molar-refractivity contribution in [2.45, 2.75) is 38.6 Å². The van der Waals surface area contributed by atoms with E-state index in [0.29, 0.717) is 6.54 Å². The quantitative estimate of drug-likeness (QED) is 0.855. The van der Waals surface area contributed by atoms with Crippen LogP contribution in [0.2, 0.25) is 0 Å². The number of hydrogen-bond donors (Lipinski definition) is 2. The minimum atomic E-state index is -3.21. The van der Waals surface area contributed by atoms with Gasteiger partial charge in [0.1, 0.15) is 5.82 Å². The minimum absolute atomic E-state index is 0.492. The molecule has 1 aliphatic carbocycles. The zero-order chi connectivity index (χ0) is 14.1. The molecule has 0 radical (unpaired) electrons. The topological polar surface area (TPSA) is 71.1 Å². The van der Waals surface area contributed by atoms with Crippen LogP contribution in [0.1, 0.15) is 31.5 Å². The molecule has 1 heterocycles. The van der Waals surface area contributed by atoms with Gasteiger partial charge in [-0.05, 0) is 44.7 Å². The third-order valence-electron chi connectivity index (χ3n) is 3.10. The molecule has 0 aliphatic heterocycles. The predicted molar refractivity (Wildman–Crippen MR) is 76.8 cm³/mol. The normalized spacial score (nSPS) is 15.3. The van der Waals surface area contributed by atoms with Crippen LogP contribution in [0.4, 0.5) is 5.82 Å². The molecular formula is C13H21N3O2S. The van der Waals surface area contributed by atoms with Crippen LogP contribution in [-0.2, 0) is 22.9 Å². The lowest BCUT2D eigenvalue weighted by atomic mass is 10.1. The van der Waals surface area contributed by atoms with Gasteiger partial charge in [-0.1, -0.05) is 6.07 Å². The number of aromatic nitrogens is 1. The van der Waals surface area contributed by atoms with Crippen molar-refractivity contribution in [2.75, 3.05) is 18.1 Å². The van der Waals surface area contributed by atoms with Crippen molar-refractivity contribution < 1.29 is 8.42 Å². The molecule has 0 saturated heterocycles. The summed E-state index contributed by atoms with van der Waals surface area (Å²) in [5, 5.41) is 3.20. The van der Waals surface area contributed by atoms with E-state index < -0.39 is 15.6 Å². The largest absolute Gasteiger partial charge is 0.368 e. The van der Waals surface area contributed by atoms with E-state index in [9.17, 15) is 8.42 Å². The maximum atomic E-state index is 11.3. The van der Waals surface area contributed by atoms with Crippen LogP contribution in [0, 0.1) is 0 Å². The van der Waals surface area contributed by atoms with Gasteiger partial charge < -0.3 is 5.32 Å². The molecule has 0 unspecified atom stereocenters. The van der Waals surface area contributed by atoms with Crippen molar-refractivity contribution in [1.82, 2.24) is 9.71 Å². The zero-order valence-corrected chi connectivity index (χ0v) is 12.5. The second-order valence-corrected chi connectivity index (χ2v) is 7.52. The molecule has 106 valence electrons. The third kappa shape index (κ3) is 4.18. The number of aryl methyl sites for hydroxylation is 2. The summed E-state index contributed by atoms with van der Waals surface area (Å²) in [7, 11) is -3.21. The first-order valence-electron chi connectivity index (χ1n) is 6.47. The Morgan fingerprint density at radius 3 is 2.74 bits per heavy atom. The van der Waals surface area contributed by atoms with Gasteiger partial charge in [0.05, 0.1) is 6.26 Å². The van der Waals surface area contributed by atoms with E-state index in [4.69, 9.17) is 0 Å². The van der Waals surface area contributed by atoms with Crippen molar-refractivity contribution in [1.29, 1.82) is 0 Å². The molecular weight excluding hydrogens is 262 g/mol.